The van der Waals surface area contributed by atoms with Gasteiger partial charge in [0.1, 0.15) is 5.75 Å². The number of ketones is 1. The Labute approximate surface area is 92.3 Å². The van der Waals surface area contributed by atoms with E-state index >= 15 is 0 Å². The van der Waals surface area contributed by atoms with Gasteiger partial charge in [-0.3, -0.25) is 4.79 Å². The van der Waals surface area contributed by atoms with Crippen molar-refractivity contribution in [2.45, 2.75) is 12.5 Å². The first-order valence-electron chi connectivity index (χ1n) is 4.63. The molecule has 16 heavy (non-hydrogen) atoms. The number of Topliss-reactive ketones (excluding diaryl/α,β-unsaturated/α-hetero) is 1. The number of rotatable bonds is 5. The van der Waals surface area contributed by atoms with Crippen molar-refractivity contribution >= 4 is 11.8 Å². The van der Waals surface area contributed by atoms with Gasteiger partial charge < -0.3 is 14.9 Å². The molecule has 0 unspecified atom stereocenters. The Hall–Kier alpha value is -1.88. The predicted molar refractivity (Wildman–Crippen MR) is 55.6 cm³/mol. The Kier molecular flexibility index (Phi) is 4.02. The normalized spacial score (nSPS) is 11.9. The van der Waals surface area contributed by atoms with Crippen LogP contribution >= 0.6 is 0 Å². The second-order valence-electron chi connectivity index (χ2n) is 3.18. The minimum atomic E-state index is -1.68. The van der Waals surface area contributed by atoms with E-state index in [0.29, 0.717) is 5.75 Å². The third-order valence-corrected chi connectivity index (χ3v) is 2.07. The average molecular weight is 224 g/mol. The van der Waals surface area contributed by atoms with Crippen LogP contribution in [0, 0.1) is 0 Å². The van der Waals surface area contributed by atoms with Crippen LogP contribution < -0.4 is 4.74 Å². The van der Waals surface area contributed by atoms with E-state index in [9.17, 15) is 9.59 Å². The van der Waals surface area contributed by atoms with E-state index in [-0.39, 0.29) is 5.56 Å². The standard InChI is InChI=1S/C11H12O5/c1-16-10-5-3-2-4-7(10)8(12)6-9(13)11(14)15/h2-5,9,13H,6H2,1H3,(H,14,15)/t9-/m1/s1. The van der Waals surface area contributed by atoms with Crippen molar-refractivity contribution in [2.24, 2.45) is 0 Å². The maximum Gasteiger partial charge on any atom is 0.332 e. The SMILES string of the molecule is COc1ccccc1C(=O)C[C@@H](O)C(=O)O. The van der Waals surface area contributed by atoms with Gasteiger partial charge in [-0.2, -0.15) is 0 Å². The molecule has 2 N–H and O–H groups in total. The molecule has 0 aliphatic carbocycles. The molecule has 5 heteroatoms. The molecule has 86 valence electrons. The van der Waals surface area contributed by atoms with E-state index < -0.39 is 24.3 Å². The van der Waals surface area contributed by atoms with Crippen LogP contribution in [0.15, 0.2) is 24.3 Å². The lowest BCUT2D eigenvalue weighted by atomic mass is 10.0. The first kappa shape index (κ1) is 12.2. The number of methoxy groups -OCH3 is 1. The minimum absolute atomic E-state index is 0.269. The summed E-state index contributed by atoms with van der Waals surface area (Å²) in [5, 5.41) is 17.5. The second kappa shape index (κ2) is 5.27. The highest BCUT2D eigenvalue weighted by Gasteiger charge is 2.20. The van der Waals surface area contributed by atoms with Crippen LogP contribution in [0.3, 0.4) is 0 Å². The number of para-hydroxylation sites is 1. The Morgan fingerprint density at radius 3 is 2.56 bits per heavy atom. The third-order valence-electron chi connectivity index (χ3n) is 2.07. The summed E-state index contributed by atoms with van der Waals surface area (Å²) in [6, 6.07) is 6.46. The van der Waals surface area contributed by atoms with Crippen LogP contribution in [0.1, 0.15) is 16.8 Å². The number of aliphatic hydroxyl groups is 1. The van der Waals surface area contributed by atoms with E-state index in [0.717, 1.165) is 0 Å². The summed E-state index contributed by atoms with van der Waals surface area (Å²) in [6.07, 6.45) is -2.15. The predicted octanol–water partition coefficient (Wildman–Crippen LogP) is 0.713. The third kappa shape index (κ3) is 2.80. The topological polar surface area (TPSA) is 83.8 Å². The summed E-state index contributed by atoms with van der Waals surface area (Å²) in [5.74, 6) is -1.51. The molecular weight excluding hydrogens is 212 g/mol. The van der Waals surface area contributed by atoms with Crippen molar-refractivity contribution in [3.8, 4) is 5.75 Å². The first-order chi connectivity index (χ1) is 7.56. The van der Waals surface area contributed by atoms with E-state index in [1.807, 2.05) is 0 Å². The van der Waals surface area contributed by atoms with E-state index in [1.165, 1.54) is 13.2 Å². The Balaban J connectivity index is 2.84. The van der Waals surface area contributed by atoms with Crippen LogP contribution in [-0.4, -0.2) is 35.2 Å². The quantitative estimate of drug-likeness (QED) is 0.720. The molecule has 0 aromatic heterocycles. The van der Waals surface area contributed by atoms with Gasteiger partial charge in [0, 0.05) is 6.42 Å². The number of hydrogen-bond donors (Lipinski definition) is 2. The molecule has 1 atom stereocenters. The van der Waals surface area contributed by atoms with Gasteiger partial charge >= 0.3 is 5.97 Å². The molecule has 0 radical (unpaired) electrons. The number of benzene rings is 1. The molecule has 0 aliphatic heterocycles. The zero-order chi connectivity index (χ0) is 12.1. The Bertz CT molecular complexity index is 399. The highest BCUT2D eigenvalue weighted by atomic mass is 16.5. The number of ether oxygens (including phenoxy) is 1. The van der Waals surface area contributed by atoms with Crippen molar-refractivity contribution in [3.63, 3.8) is 0 Å². The van der Waals surface area contributed by atoms with Crippen LogP contribution in [0.4, 0.5) is 0 Å². The molecule has 0 aliphatic rings. The van der Waals surface area contributed by atoms with Gasteiger partial charge in [0.2, 0.25) is 0 Å². The van der Waals surface area contributed by atoms with E-state index in [4.69, 9.17) is 14.9 Å². The smallest absolute Gasteiger partial charge is 0.332 e. The fourth-order valence-electron chi connectivity index (χ4n) is 1.25. The maximum atomic E-state index is 11.6. The molecule has 1 rings (SSSR count). The van der Waals surface area contributed by atoms with Crippen molar-refractivity contribution < 1.29 is 24.5 Å². The van der Waals surface area contributed by atoms with Crippen molar-refractivity contribution in [2.75, 3.05) is 7.11 Å². The van der Waals surface area contributed by atoms with Crippen LogP contribution in [-0.2, 0) is 4.79 Å². The van der Waals surface area contributed by atoms with E-state index in [2.05, 4.69) is 0 Å². The average Bonchev–Trinajstić information content (AvgIpc) is 2.28. The Morgan fingerprint density at radius 2 is 2.00 bits per heavy atom. The zero-order valence-corrected chi connectivity index (χ0v) is 8.71. The van der Waals surface area contributed by atoms with Crippen LogP contribution in [0.25, 0.3) is 0 Å². The van der Waals surface area contributed by atoms with Crippen LogP contribution in [0.2, 0.25) is 0 Å². The highest BCUT2D eigenvalue weighted by Crippen LogP contribution is 2.19. The van der Waals surface area contributed by atoms with Gasteiger partial charge in [0.05, 0.1) is 12.7 Å². The fraction of sp³-hybridized carbons (Fsp3) is 0.273. The number of carbonyl (C=O) groups excluding carboxylic acids is 1. The lowest BCUT2D eigenvalue weighted by Crippen LogP contribution is -2.23. The monoisotopic (exact) mass is 224 g/mol. The van der Waals surface area contributed by atoms with Gasteiger partial charge in [-0.25, -0.2) is 4.79 Å². The molecule has 1 aromatic rings. The van der Waals surface area contributed by atoms with Gasteiger partial charge in [0.15, 0.2) is 11.9 Å². The van der Waals surface area contributed by atoms with Gasteiger partial charge in [0.25, 0.3) is 0 Å². The second-order valence-corrected chi connectivity index (χ2v) is 3.18. The molecular formula is C11H12O5. The van der Waals surface area contributed by atoms with Crippen molar-refractivity contribution in [1.82, 2.24) is 0 Å². The Morgan fingerprint density at radius 1 is 1.38 bits per heavy atom. The number of carboxylic acids is 1. The summed E-state index contributed by atoms with van der Waals surface area (Å²) >= 11 is 0. The number of aliphatic hydroxyl groups excluding tert-OH is 1. The van der Waals surface area contributed by atoms with Gasteiger partial charge in [-0.05, 0) is 12.1 Å². The number of aliphatic carboxylic acids is 1. The number of carboxylic acid groups (broad SMARTS) is 1. The maximum absolute atomic E-state index is 11.6. The lowest BCUT2D eigenvalue weighted by molar-refractivity contribution is -0.146. The highest BCUT2D eigenvalue weighted by molar-refractivity contribution is 6.00. The van der Waals surface area contributed by atoms with Gasteiger partial charge in [-0.1, -0.05) is 12.1 Å². The van der Waals surface area contributed by atoms with Crippen LogP contribution in [0.5, 0.6) is 5.75 Å². The number of carbonyl (C=O) groups is 2. The molecule has 5 nitrogen and oxygen atoms in total. The van der Waals surface area contributed by atoms with Crippen molar-refractivity contribution in [1.29, 1.82) is 0 Å². The molecule has 0 fully saturated rings. The van der Waals surface area contributed by atoms with Gasteiger partial charge in [-0.15, -0.1) is 0 Å². The summed E-state index contributed by atoms with van der Waals surface area (Å²) in [4.78, 5) is 22.0. The first-order valence-corrected chi connectivity index (χ1v) is 4.63. The summed E-state index contributed by atoms with van der Waals surface area (Å²) in [6.45, 7) is 0. The number of hydrogen-bond acceptors (Lipinski definition) is 4. The zero-order valence-electron chi connectivity index (χ0n) is 8.71. The molecule has 0 saturated heterocycles. The molecule has 0 spiro atoms. The van der Waals surface area contributed by atoms with E-state index in [1.54, 1.807) is 18.2 Å². The summed E-state index contributed by atoms with van der Waals surface area (Å²) in [5.41, 5.74) is 0.269. The molecule has 0 amide bonds. The molecule has 0 saturated carbocycles. The minimum Gasteiger partial charge on any atom is -0.496 e. The molecule has 0 bridgehead atoms. The largest absolute Gasteiger partial charge is 0.496 e. The summed E-state index contributed by atoms with van der Waals surface area (Å²) in [7, 11) is 1.42. The summed E-state index contributed by atoms with van der Waals surface area (Å²) < 4.78 is 4.96. The fourth-order valence-corrected chi connectivity index (χ4v) is 1.25. The van der Waals surface area contributed by atoms with Crippen molar-refractivity contribution in [3.05, 3.63) is 29.8 Å². The molecule has 1 aromatic carbocycles. The lowest BCUT2D eigenvalue weighted by Gasteiger charge is -2.08. The molecule has 0 heterocycles.